The number of carbonyl (C=O) groups is 1. The Hall–Kier alpha value is -0.810. The number of likely N-dealkylation sites (tertiary alicyclic amines) is 1. The van der Waals surface area contributed by atoms with Crippen LogP contribution in [-0.2, 0) is 9.47 Å². The van der Waals surface area contributed by atoms with E-state index < -0.39 is 5.60 Å². The second-order valence-electron chi connectivity index (χ2n) is 7.91. The van der Waals surface area contributed by atoms with Gasteiger partial charge in [-0.05, 0) is 66.3 Å². The second kappa shape index (κ2) is 7.18. The monoisotopic (exact) mass is 312 g/mol. The van der Waals surface area contributed by atoms with E-state index in [4.69, 9.17) is 9.47 Å². The van der Waals surface area contributed by atoms with E-state index in [1.165, 1.54) is 0 Å². The van der Waals surface area contributed by atoms with Crippen LogP contribution in [0.15, 0.2) is 0 Å². The molecular weight excluding hydrogens is 280 g/mol. The summed E-state index contributed by atoms with van der Waals surface area (Å²) in [6, 6.07) is 0.536. The van der Waals surface area contributed by atoms with Gasteiger partial charge in [-0.1, -0.05) is 0 Å². The Balaban J connectivity index is 1.71. The first-order valence-electron chi connectivity index (χ1n) is 8.59. The van der Waals surface area contributed by atoms with Gasteiger partial charge in [0, 0.05) is 19.1 Å². The maximum Gasteiger partial charge on any atom is 0.410 e. The number of nitrogens with one attached hydrogen (secondary N) is 1. The van der Waals surface area contributed by atoms with Gasteiger partial charge < -0.3 is 19.7 Å². The molecule has 0 spiro atoms. The van der Waals surface area contributed by atoms with Gasteiger partial charge in [0.05, 0.1) is 12.2 Å². The largest absolute Gasteiger partial charge is 0.444 e. The smallest absolute Gasteiger partial charge is 0.410 e. The molecule has 22 heavy (non-hydrogen) atoms. The van der Waals surface area contributed by atoms with E-state index in [0.29, 0.717) is 24.2 Å². The Morgan fingerprint density at radius 1 is 1.27 bits per heavy atom. The van der Waals surface area contributed by atoms with Crippen LogP contribution >= 0.6 is 0 Å². The van der Waals surface area contributed by atoms with E-state index in [-0.39, 0.29) is 6.09 Å². The Morgan fingerprint density at radius 3 is 2.50 bits per heavy atom. The van der Waals surface area contributed by atoms with Crippen LogP contribution in [0, 0.1) is 5.92 Å². The highest BCUT2D eigenvalue weighted by molar-refractivity contribution is 5.68. The molecule has 0 bridgehead atoms. The molecule has 128 valence electrons. The Bertz CT molecular complexity index is 371. The van der Waals surface area contributed by atoms with Gasteiger partial charge in [-0.15, -0.1) is 0 Å². The summed E-state index contributed by atoms with van der Waals surface area (Å²) in [7, 11) is 0. The number of hydrogen-bond acceptors (Lipinski definition) is 4. The van der Waals surface area contributed by atoms with Crippen LogP contribution in [-0.4, -0.2) is 54.5 Å². The van der Waals surface area contributed by atoms with Crippen molar-refractivity contribution in [2.75, 3.05) is 19.6 Å². The molecule has 5 heteroatoms. The summed E-state index contributed by atoms with van der Waals surface area (Å²) >= 11 is 0. The molecule has 0 aromatic rings. The molecule has 0 aromatic carbocycles. The fourth-order valence-corrected chi connectivity index (χ4v) is 3.40. The maximum absolute atomic E-state index is 12.1. The topological polar surface area (TPSA) is 50.8 Å². The van der Waals surface area contributed by atoms with Gasteiger partial charge in [-0.3, -0.25) is 0 Å². The van der Waals surface area contributed by atoms with Crippen molar-refractivity contribution < 1.29 is 14.3 Å². The summed E-state index contributed by atoms with van der Waals surface area (Å²) in [5.74, 6) is 0.529. The predicted octanol–water partition coefficient (Wildman–Crippen LogP) is 2.79. The van der Waals surface area contributed by atoms with Gasteiger partial charge in [0.2, 0.25) is 0 Å². The average Bonchev–Trinajstić information content (AvgIpc) is 2.82. The highest BCUT2D eigenvalue weighted by Gasteiger charge is 2.31. The summed E-state index contributed by atoms with van der Waals surface area (Å²) in [6.45, 7) is 12.6. The molecule has 3 atom stereocenters. The van der Waals surface area contributed by atoms with Crippen molar-refractivity contribution in [3.8, 4) is 0 Å². The molecule has 2 fully saturated rings. The lowest BCUT2D eigenvalue weighted by Crippen LogP contribution is -2.43. The molecule has 0 radical (unpaired) electrons. The molecule has 1 amide bonds. The average molecular weight is 312 g/mol. The molecule has 0 saturated carbocycles. The summed E-state index contributed by atoms with van der Waals surface area (Å²) in [5.41, 5.74) is -0.415. The molecular formula is C17H32N2O3. The minimum atomic E-state index is -0.415. The minimum Gasteiger partial charge on any atom is -0.444 e. The number of ether oxygens (including phenoxy) is 2. The van der Waals surface area contributed by atoms with Crippen LogP contribution < -0.4 is 5.32 Å². The first kappa shape index (κ1) is 17.5. The molecule has 2 aliphatic rings. The third-order valence-corrected chi connectivity index (χ3v) is 4.33. The molecule has 2 rings (SSSR count). The number of amides is 1. The zero-order valence-electron chi connectivity index (χ0n) is 14.7. The van der Waals surface area contributed by atoms with Crippen molar-refractivity contribution in [3.05, 3.63) is 0 Å². The Kier molecular flexibility index (Phi) is 5.72. The third-order valence-electron chi connectivity index (χ3n) is 4.33. The molecule has 5 nitrogen and oxygen atoms in total. The van der Waals surface area contributed by atoms with Crippen molar-refractivity contribution in [1.82, 2.24) is 10.2 Å². The number of nitrogens with zero attached hydrogens (tertiary/aromatic N) is 1. The quantitative estimate of drug-likeness (QED) is 0.870. The lowest BCUT2D eigenvalue weighted by atomic mass is 9.99. The first-order valence-corrected chi connectivity index (χ1v) is 8.59. The Labute approximate surface area is 134 Å². The highest BCUT2D eigenvalue weighted by atomic mass is 16.6. The van der Waals surface area contributed by atoms with Crippen molar-refractivity contribution in [2.24, 2.45) is 5.92 Å². The third kappa shape index (κ3) is 5.43. The van der Waals surface area contributed by atoms with Gasteiger partial charge >= 0.3 is 6.09 Å². The van der Waals surface area contributed by atoms with Crippen LogP contribution in [0.2, 0.25) is 0 Å². The standard InChI is InChI=1S/C17H32N2O3/c1-12-8-15(9-13(2)21-12)18-10-14-6-7-19(11-14)16(20)22-17(3,4)5/h12-15,18H,6-11H2,1-5H3. The van der Waals surface area contributed by atoms with E-state index >= 15 is 0 Å². The minimum absolute atomic E-state index is 0.177. The summed E-state index contributed by atoms with van der Waals surface area (Å²) in [6.07, 6.45) is 3.70. The van der Waals surface area contributed by atoms with E-state index in [1.807, 2.05) is 25.7 Å². The van der Waals surface area contributed by atoms with E-state index in [1.54, 1.807) is 0 Å². The van der Waals surface area contributed by atoms with Gasteiger partial charge in [0.25, 0.3) is 0 Å². The Morgan fingerprint density at radius 2 is 1.91 bits per heavy atom. The summed E-state index contributed by atoms with van der Waals surface area (Å²) in [5, 5.41) is 3.67. The van der Waals surface area contributed by atoms with Gasteiger partial charge in [0.15, 0.2) is 0 Å². The molecule has 0 aliphatic carbocycles. The summed E-state index contributed by atoms with van der Waals surface area (Å²) in [4.78, 5) is 13.9. The van der Waals surface area contributed by atoms with Crippen LogP contribution in [0.3, 0.4) is 0 Å². The fraction of sp³-hybridized carbons (Fsp3) is 0.941. The first-order chi connectivity index (χ1) is 10.2. The molecule has 1 N–H and O–H groups in total. The second-order valence-corrected chi connectivity index (χ2v) is 7.91. The molecule has 2 heterocycles. The van der Waals surface area contributed by atoms with Crippen LogP contribution in [0.4, 0.5) is 4.79 Å². The summed E-state index contributed by atoms with van der Waals surface area (Å²) < 4.78 is 11.2. The zero-order chi connectivity index (χ0) is 16.3. The van der Waals surface area contributed by atoms with Crippen molar-refractivity contribution in [3.63, 3.8) is 0 Å². The van der Waals surface area contributed by atoms with Crippen molar-refractivity contribution in [2.45, 2.75) is 77.7 Å². The van der Waals surface area contributed by atoms with Gasteiger partial charge in [-0.2, -0.15) is 0 Å². The highest BCUT2D eigenvalue weighted by Crippen LogP contribution is 2.22. The van der Waals surface area contributed by atoms with Crippen LogP contribution in [0.1, 0.15) is 53.9 Å². The molecule has 2 aliphatic heterocycles. The number of carbonyl (C=O) groups excluding carboxylic acids is 1. The lowest BCUT2D eigenvalue weighted by Gasteiger charge is -2.33. The normalized spacial score (nSPS) is 33.0. The zero-order valence-corrected chi connectivity index (χ0v) is 14.7. The van der Waals surface area contributed by atoms with E-state index in [2.05, 4.69) is 19.2 Å². The number of hydrogen-bond donors (Lipinski definition) is 1. The van der Waals surface area contributed by atoms with Gasteiger partial charge in [0.1, 0.15) is 5.60 Å². The molecule has 3 unspecified atom stereocenters. The number of rotatable bonds is 3. The van der Waals surface area contributed by atoms with E-state index in [0.717, 1.165) is 38.9 Å². The fourth-order valence-electron chi connectivity index (χ4n) is 3.40. The van der Waals surface area contributed by atoms with Crippen LogP contribution in [0.25, 0.3) is 0 Å². The van der Waals surface area contributed by atoms with Gasteiger partial charge in [-0.25, -0.2) is 4.79 Å². The molecule has 0 aromatic heterocycles. The van der Waals surface area contributed by atoms with Crippen molar-refractivity contribution >= 4 is 6.09 Å². The lowest BCUT2D eigenvalue weighted by molar-refractivity contribution is -0.0424. The van der Waals surface area contributed by atoms with Crippen LogP contribution in [0.5, 0.6) is 0 Å². The molecule has 2 saturated heterocycles. The maximum atomic E-state index is 12.1. The van der Waals surface area contributed by atoms with Crippen molar-refractivity contribution in [1.29, 1.82) is 0 Å². The van der Waals surface area contributed by atoms with E-state index in [9.17, 15) is 4.79 Å². The predicted molar refractivity (Wildman–Crippen MR) is 86.9 cm³/mol. The SMILES string of the molecule is CC1CC(NCC2CCN(C(=O)OC(C)(C)C)C2)CC(C)O1.